The largest absolute Gasteiger partial charge is 0.494 e. The lowest BCUT2D eigenvalue weighted by Gasteiger charge is -2.45. The van der Waals surface area contributed by atoms with E-state index in [-0.39, 0.29) is 47.9 Å². The van der Waals surface area contributed by atoms with Crippen molar-refractivity contribution >= 4 is 51.7 Å². The van der Waals surface area contributed by atoms with Gasteiger partial charge in [-0.1, -0.05) is 6.07 Å². The van der Waals surface area contributed by atoms with Crippen molar-refractivity contribution in [3.05, 3.63) is 71.7 Å². The summed E-state index contributed by atoms with van der Waals surface area (Å²) in [5.74, 6) is -3.13. The fourth-order valence-electron chi connectivity index (χ4n) is 8.30. The molecule has 5 heterocycles. The molecule has 19 heteroatoms. The van der Waals surface area contributed by atoms with Crippen molar-refractivity contribution in [2.45, 2.75) is 50.4 Å². The predicted octanol–water partition coefficient (Wildman–Crippen LogP) is 5.20. The van der Waals surface area contributed by atoms with Crippen LogP contribution < -0.4 is 25.2 Å². The molecule has 0 atom stereocenters. The van der Waals surface area contributed by atoms with Gasteiger partial charge in [-0.25, -0.2) is 18.6 Å². The monoisotopic (exact) mass is 809 g/mol. The highest BCUT2D eigenvalue weighted by Crippen LogP contribution is 2.37. The summed E-state index contributed by atoms with van der Waals surface area (Å²) in [6, 6.07) is 8.40. The van der Waals surface area contributed by atoms with Crippen molar-refractivity contribution in [1.82, 2.24) is 29.9 Å². The lowest BCUT2D eigenvalue weighted by Crippen LogP contribution is -2.59. The van der Waals surface area contributed by atoms with Crippen LogP contribution in [-0.4, -0.2) is 107 Å². The number of carbonyl (C=O) groups excluding carboxylic acids is 4. The van der Waals surface area contributed by atoms with Gasteiger partial charge in [-0.2, -0.15) is 18.3 Å². The predicted molar refractivity (Wildman–Crippen MR) is 200 cm³/mol. The zero-order valence-electron chi connectivity index (χ0n) is 31.4. The van der Waals surface area contributed by atoms with Crippen molar-refractivity contribution in [3.8, 4) is 5.75 Å². The molecule has 8 rings (SSSR count). The number of halogens is 5. The Bertz CT molecular complexity index is 2240. The molecular weight excluding hydrogens is 769 g/mol. The van der Waals surface area contributed by atoms with Gasteiger partial charge in [0, 0.05) is 81.6 Å². The van der Waals surface area contributed by atoms with E-state index in [1.165, 1.54) is 13.2 Å². The van der Waals surface area contributed by atoms with E-state index in [9.17, 15) is 32.3 Å². The van der Waals surface area contributed by atoms with E-state index in [0.717, 1.165) is 73.3 Å². The third-order valence-electron chi connectivity index (χ3n) is 11.5. The third-order valence-corrected chi connectivity index (χ3v) is 11.5. The molecule has 0 spiro atoms. The van der Waals surface area contributed by atoms with Crippen molar-refractivity contribution in [3.63, 3.8) is 0 Å². The molecule has 0 bridgehead atoms. The van der Waals surface area contributed by atoms with Gasteiger partial charge in [-0.3, -0.25) is 34.2 Å². The molecule has 1 aliphatic carbocycles. The number of rotatable bonds is 8. The van der Waals surface area contributed by atoms with E-state index in [2.05, 4.69) is 20.5 Å². The number of nitrogens with zero attached hydrogens (tertiary/aromatic N) is 7. The Kier molecular flexibility index (Phi) is 10.4. The number of urea groups is 1. The summed E-state index contributed by atoms with van der Waals surface area (Å²) in [6.45, 7) is 3.16. The van der Waals surface area contributed by atoms with Crippen LogP contribution in [0.4, 0.5) is 43.8 Å². The molecular formula is C39H40F5N9O5. The van der Waals surface area contributed by atoms with Crippen LogP contribution >= 0.6 is 0 Å². The van der Waals surface area contributed by atoms with Gasteiger partial charge in [0.15, 0.2) is 11.6 Å². The van der Waals surface area contributed by atoms with Crippen LogP contribution in [0.1, 0.15) is 54.3 Å². The zero-order valence-corrected chi connectivity index (χ0v) is 31.4. The molecule has 1 saturated carbocycles. The maximum Gasteiger partial charge on any atom is 0.433 e. The number of ether oxygens (including phenoxy) is 1. The quantitative estimate of drug-likeness (QED) is 0.230. The molecule has 0 unspecified atom stereocenters. The van der Waals surface area contributed by atoms with Gasteiger partial charge < -0.3 is 19.9 Å². The van der Waals surface area contributed by atoms with E-state index < -0.39 is 47.0 Å². The second-order valence-electron chi connectivity index (χ2n) is 15.0. The molecule has 2 aromatic heterocycles. The molecule has 3 saturated heterocycles. The maximum atomic E-state index is 15.0. The number of amides is 5. The molecule has 58 heavy (non-hydrogen) atoms. The lowest BCUT2D eigenvalue weighted by molar-refractivity contribution is -0.141. The van der Waals surface area contributed by atoms with Crippen LogP contribution in [0.2, 0.25) is 0 Å². The highest BCUT2D eigenvalue weighted by atomic mass is 19.4. The molecule has 5 amide bonds. The Morgan fingerprint density at radius 2 is 1.60 bits per heavy atom. The number of fused-ring (bicyclic) bond motifs is 1. The minimum absolute atomic E-state index is 0.0178. The average Bonchev–Trinajstić information content (AvgIpc) is 3.60. The highest BCUT2D eigenvalue weighted by molar-refractivity contribution is 6.06. The Balaban J connectivity index is 0.815. The number of nitrogens with one attached hydrogen (secondary N) is 2. The van der Waals surface area contributed by atoms with Crippen LogP contribution in [0.5, 0.6) is 5.75 Å². The van der Waals surface area contributed by atoms with Gasteiger partial charge in [0.1, 0.15) is 22.8 Å². The number of piperazine rings is 1. The van der Waals surface area contributed by atoms with Gasteiger partial charge in [-0.05, 0) is 56.0 Å². The van der Waals surface area contributed by atoms with E-state index in [0.29, 0.717) is 43.5 Å². The summed E-state index contributed by atoms with van der Waals surface area (Å²) in [7, 11) is 1.43. The van der Waals surface area contributed by atoms with Crippen LogP contribution in [0.3, 0.4) is 0 Å². The molecule has 0 radical (unpaired) electrons. The summed E-state index contributed by atoms with van der Waals surface area (Å²) >= 11 is 0. The number of benzene rings is 2. The summed E-state index contributed by atoms with van der Waals surface area (Å²) in [4.78, 5) is 60.2. The van der Waals surface area contributed by atoms with Gasteiger partial charge in [-0.15, -0.1) is 0 Å². The first-order chi connectivity index (χ1) is 27.7. The van der Waals surface area contributed by atoms with Gasteiger partial charge in [0.2, 0.25) is 11.8 Å². The lowest BCUT2D eigenvalue weighted by atomic mass is 9.89. The maximum absolute atomic E-state index is 15.0. The Morgan fingerprint density at radius 1 is 0.914 bits per heavy atom. The summed E-state index contributed by atoms with van der Waals surface area (Å²) in [5.41, 5.74) is -0.856. The number of hydrogen-bond donors (Lipinski definition) is 2. The van der Waals surface area contributed by atoms with E-state index in [1.807, 2.05) is 15.8 Å². The first-order valence-electron chi connectivity index (χ1n) is 19.1. The molecule has 2 N–H and O–H groups in total. The third kappa shape index (κ3) is 7.73. The summed E-state index contributed by atoms with van der Waals surface area (Å²) in [5, 5.41) is 10.2. The number of carbonyl (C=O) groups is 4. The number of aromatic nitrogens is 3. The standard InChI is InChI=1S/C39H40F5N9O5/c1-58-32-18-30-22(15-31(32)46-36(55)29-3-2-4-33(45-29)39(42,43)44)21-53(48-30)25-7-5-24(6-8-25)49-11-13-50(14-12-49)37(56)23-19-51(20-23)26-16-27(40)35(28(41)17-26)52-10-9-34(54)47-38(52)57/h2-4,15-18,21,23-25H,5-14,19-20H2,1H3,(H,46,55)(H,47,54,57). The second-order valence-corrected chi connectivity index (χ2v) is 15.0. The van der Waals surface area contributed by atoms with Crippen LogP contribution in [0.25, 0.3) is 10.9 Å². The van der Waals surface area contributed by atoms with E-state index >= 15 is 8.78 Å². The van der Waals surface area contributed by atoms with Crippen molar-refractivity contribution in [2.24, 2.45) is 5.92 Å². The normalized spacial score (nSPS) is 20.9. The van der Waals surface area contributed by atoms with E-state index in [4.69, 9.17) is 9.84 Å². The molecule has 3 aliphatic heterocycles. The summed E-state index contributed by atoms with van der Waals surface area (Å²) in [6.07, 6.45) is 0.779. The fourth-order valence-corrected chi connectivity index (χ4v) is 8.30. The Morgan fingerprint density at radius 3 is 2.26 bits per heavy atom. The molecule has 306 valence electrons. The highest BCUT2D eigenvalue weighted by Gasteiger charge is 2.39. The summed E-state index contributed by atoms with van der Waals surface area (Å²) < 4.78 is 76.9. The molecule has 2 aromatic carbocycles. The first-order valence-corrected chi connectivity index (χ1v) is 19.1. The minimum Gasteiger partial charge on any atom is -0.494 e. The van der Waals surface area contributed by atoms with Crippen molar-refractivity contribution in [1.29, 1.82) is 0 Å². The Labute approximate surface area is 328 Å². The van der Waals surface area contributed by atoms with Crippen LogP contribution in [0, 0.1) is 17.6 Å². The first kappa shape index (κ1) is 39.0. The van der Waals surface area contributed by atoms with Crippen LogP contribution in [0.15, 0.2) is 48.7 Å². The number of pyridine rings is 1. The molecule has 4 fully saturated rings. The number of anilines is 3. The van der Waals surface area contributed by atoms with Gasteiger partial charge in [0.05, 0.1) is 30.3 Å². The van der Waals surface area contributed by atoms with Gasteiger partial charge >= 0.3 is 12.2 Å². The molecule has 14 nitrogen and oxygen atoms in total. The zero-order chi connectivity index (χ0) is 40.9. The second kappa shape index (κ2) is 15.5. The number of hydrogen-bond acceptors (Lipinski definition) is 9. The molecule has 4 aromatic rings. The van der Waals surface area contributed by atoms with Crippen LogP contribution in [-0.2, 0) is 15.8 Å². The minimum atomic E-state index is -4.69. The van der Waals surface area contributed by atoms with E-state index in [1.54, 1.807) is 17.0 Å². The number of alkyl halides is 3. The average molecular weight is 810 g/mol. The van der Waals surface area contributed by atoms with Gasteiger partial charge in [0.25, 0.3) is 5.91 Å². The number of imide groups is 1. The topological polar surface area (TPSA) is 145 Å². The van der Waals surface area contributed by atoms with Crippen molar-refractivity contribution < 1.29 is 45.9 Å². The Hall–Kier alpha value is -5.85. The SMILES string of the molecule is COc1cc2nn(C3CCC(N4CCN(C(=O)C5CN(c6cc(F)c(N7CCC(=O)NC7=O)c(F)c6)C5)CC4)CC3)cc2cc1NC(=O)c1cccc(C(F)(F)F)n1. The number of methoxy groups -OCH3 is 1. The fraction of sp³-hybridized carbons (Fsp3) is 0.436. The molecule has 4 aliphatic rings. The smallest absolute Gasteiger partial charge is 0.433 e. The van der Waals surface area contributed by atoms with Crippen molar-refractivity contribution in [2.75, 3.05) is 68.0 Å².